The number of carbonyl (C=O) groups is 1. The van der Waals surface area contributed by atoms with Gasteiger partial charge in [0.1, 0.15) is 11.7 Å². The monoisotopic (exact) mass is 524 g/mol. The molecule has 6 aliphatic rings. The standard InChI is InChI=1S/C32H32N2O5/c35-23-12-11-22-17-24-32-14-13-31(37,27(39-32)28(36)33-18-20-7-3-1-4-8-20)29-30(32,25(22)26(23)38-29)15-16-34(24)19-21-9-5-2-6-10-21/h1-12,24,27,29,35,37H,13-19H2,(H,33,36). The number of carbonyl (C=O) groups excluding carboxylic acids is 1. The molecule has 3 N–H and O–H groups in total. The van der Waals surface area contributed by atoms with Crippen LogP contribution in [-0.2, 0) is 34.5 Å². The molecule has 9 rings (SSSR count). The van der Waals surface area contributed by atoms with Crippen LogP contribution in [0.4, 0.5) is 0 Å². The van der Waals surface area contributed by atoms with Gasteiger partial charge in [-0.1, -0.05) is 66.7 Å². The van der Waals surface area contributed by atoms with Crippen LogP contribution in [0.15, 0.2) is 72.8 Å². The molecule has 200 valence electrons. The topological polar surface area (TPSA) is 91.3 Å². The number of likely N-dealkylation sites (tertiary alicyclic amines) is 1. The fourth-order valence-electron chi connectivity index (χ4n) is 8.64. The van der Waals surface area contributed by atoms with Gasteiger partial charge in [0.25, 0.3) is 5.91 Å². The molecule has 2 spiro atoms. The zero-order valence-electron chi connectivity index (χ0n) is 21.7. The Bertz CT molecular complexity index is 1460. The van der Waals surface area contributed by atoms with Gasteiger partial charge in [0.15, 0.2) is 17.6 Å². The number of nitrogens with one attached hydrogen (secondary N) is 1. The minimum Gasteiger partial charge on any atom is -0.504 e. The Morgan fingerprint density at radius 2 is 1.72 bits per heavy atom. The number of ether oxygens (including phenoxy) is 2. The second-order valence-electron chi connectivity index (χ2n) is 11.9. The molecule has 4 fully saturated rings. The minimum atomic E-state index is -1.51. The van der Waals surface area contributed by atoms with Crippen molar-refractivity contribution >= 4 is 5.91 Å². The fourth-order valence-corrected chi connectivity index (χ4v) is 8.64. The van der Waals surface area contributed by atoms with Crippen molar-refractivity contribution < 1.29 is 24.5 Å². The fraction of sp³-hybridized carbons (Fsp3) is 0.406. The van der Waals surface area contributed by atoms with Gasteiger partial charge >= 0.3 is 0 Å². The normalized spacial score (nSPS) is 35.3. The van der Waals surface area contributed by atoms with Crippen LogP contribution in [0.3, 0.4) is 0 Å². The number of phenols is 1. The second kappa shape index (κ2) is 8.07. The van der Waals surface area contributed by atoms with Crippen LogP contribution < -0.4 is 10.1 Å². The first kappa shape index (κ1) is 23.5. The maximum absolute atomic E-state index is 13.7. The third-order valence-corrected chi connectivity index (χ3v) is 10.2. The summed E-state index contributed by atoms with van der Waals surface area (Å²) < 4.78 is 13.6. The van der Waals surface area contributed by atoms with Gasteiger partial charge in [-0.05, 0) is 48.4 Å². The molecule has 4 bridgehead atoms. The molecule has 0 radical (unpaired) electrons. The van der Waals surface area contributed by atoms with E-state index in [1.165, 1.54) is 5.56 Å². The van der Waals surface area contributed by atoms with Crippen molar-refractivity contribution in [3.8, 4) is 11.5 Å². The van der Waals surface area contributed by atoms with Gasteiger partial charge in [-0.3, -0.25) is 9.69 Å². The first-order valence-electron chi connectivity index (χ1n) is 14.0. The quantitative estimate of drug-likeness (QED) is 0.475. The predicted octanol–water partition coefficient (Wildman–Crippen LogP) is 3.20. The van der Waals surface area contributed by atoms with Gasteiger partial charge in [0.2, 0.25) is 0 Å². The van der Waals surface area contributed by atoms with E-state index in [0.717, 1.165) is 42.6 Å². The summed E-state index contributed by atoms with van der Waals surface area (Å²) in [6.45, 7) is 1.96. The molecule has 3 saturated heterocycles. The lowest BCUT2D eigenvalue weighted by molar-refractivity contribution is -0.345. The number of aromatic hydroxyl groups is 1. The van der Waals surface area contributed by atoms with Crippen molar-refractivity contribution in [2.75, 3.05) is 6.54 Å². The maximum Gasteiger partial charge on any atom is 0.252 e. The highest BCUT2D eigenvalue weighted by atomic mass is 16.6. The molecule has 4 aliphatic heterocycles. The minimum absolute atomic E-state index is 0.00909. The highest BCUT2D eigenvalue weighted by molar-refractivity contribution is 5.83. The van der Waals surface area contributed by atoms with E-state index in [-0.39, 0.29) is 17.7 Å². The zero-order valence-corrected chi connectivity index (χ0v) is 21.7. The molecule has 1 saturated carbocycles. The van der Waals surface area contributed by atoms with E-state index in [1.54, 1.807) is 6.07 Å². The molecule has 7 nitrogen and oxygen atoms in total. The third-order valence-electron chi connectivity index (χ3n) is 10.2. The Kier molecular flexibility index (Phi) is 4.86. The van der Waals surface area contributed by atoms with Crippen LogP contribution >= 0.6 is 0 Å². The molecular formula is C32H32N2O5. The van der Waals surface area contributed by atoms with E-state index in [9.17, 15) is 15.0 Å². The highest BCUT2D eigenvalue weighted by Crippen LogP contribution is 2.71. The number of benzene rings is 3. The molecule has 6 atom stereocenters. The Hall–Kier alpha value is -3.39. The van der Waals surface area contributed by atoms with Crippen LogP contribution in [0.2, 0.25) is 0 Å². The number of nitrogens with zero attached hydrogens (tertiary/aromatic N) is 1. The highest BCUT2D eigenvalue weighted by Gasteiger charge is 2.82. The lowest BCUT2D eigenvalue weighted by Crippen LogP contribution is -2.87. The largest absolute Gasteiger partial charge is 0.504 e. The molecular weight excluding hydrogens is 492 g/mol. The summed E-state index contributed by atoms with van der Waals surface area (Å²) in [7, 11) is 0. The maximum atomic E-state index is 13.7. The molecule has 3 aromatic carbocycles. The summed E-state index contributed by atoms with van der Waals surface area (Å²) in [5.74, 6) is 0.231. The number of hydrogen-bond donors (Lipinski definition) is 3. The summed E-state index contributed by atoms with van der Waals surface area (Å²) >= 11 is 0. The van der Waals surface area contributed by atoms with E-state index in [1.807, 2.05) is 42.5 Å². The number of piperidine rings is 1. The molecule has 39 heavy (non-hydrogen) atoms. The Morgan fingerprint density at radius 3 is 2.49 bits per heavy atom. The summed E-state index contributed by atoms with van der Waals surface area (Å²) in [6, 6.07) is 23.9. The number of phenolic OH excluding ortho intramolecular Hbond substituents is 1. The van der Waals surface area contributed by atoms with Crippen LogP contribution in [0, 0.1) is 0 Å². The summed E-state index contributed by atoms with van der Waals surface area (Å²) in [5, 5.41) is 26.2. The Labute approximate surface area is 227 Å². The lowest BCUT2D eigenvalue weighted by Gasteiger charge is -2.71. The number of aliphatic hydroxyl groups is 1. The van der Waals surface area contributed by atoms with Gasteiger partial charge < -0.3 is 25.0 Å². The molecule has 0 aromatic heterocycles. The number of fused-ring (bicyclic) bond motifs is 2. The molecule has 6 unspecified atom stereocenters. The van der Waals surface area contributed by atoms with E-state index >= 15 is 0 Å². The third kappa shape index (κ3) is 2.95. The van der Waals surface area contributed by atoms with E-state index in [0.29, 0.717) is 25.1 Å². The SMILES string of the molecule is O=C(NCc1ccccc1)C1OC23CCC1(O)C1Oc4c(O)ccc5c4C12CCN(Cc1ccccc1)C3C5. The second-order valence-corrected chi connectivity index (χ2v) is 11.9. The van der Waals surface area contributed by atoms with Crippen molar-refractivity contribution in [3.63, 3.8) is 0 Å². The van der Waals surface area contributed by atoms with Crippen molar-refractivity contribution in [1.82, 2.24) is 10.2 Å². The van der Waals surface area contributed by atoms with Gasteiger partial charge in [-0.2, -0.15) is 0 Å². The average Bonchev–Trinajstić information content (AvgIpc) is 3.34. The molecule has 2 aliphatic carbocycles. The average molecular weight is 525 g/mol. The Morgan fingerprint density at radius 1 is 0.974 bits per heavy atom. The van der Waals surface area contributed by atoms with Crippen molar-refractivity contribution in [2.24, 2.45) is 0 Å². The Balaban J connectivity index is 1.22. The van der Waals surface area contributed by atoms with Gasteiger partial charge in [-0.15, -0.1) is 0 Å². The molecule has 7 heteroatoms. The number of hydrogen-bond acceptors (Lipinski definition) is 6. The van der Waals surface area contributed by atoms with Gasteiger partial charge in [-0.25, -0.2) is 0 Å². The molecule has 1 amide bonds. The summed E-state index contributed by atoms with van der Waals surface area (Å²) in [5.41, 5.74) is 1.52. The molecule has 4 heterocycles. The van der Waals surface area contributed by atoms with E-state index < -0.39 is 28.8 Å². The zero-order chi connectivity index (χ0) is 26.4. The summed E-state index contributed by atoms with van der Waals surface area (Å²) in [4.78, 5) is 16.2. The number of rotatable bonds is 5. The van der Waals surface area contributed by atoms with Crippen LogP contribution in [0.1, 0.15) is 41.5 Å². The number of amides is 1. The van der Waals surface area contributed by atoms with Crippen molar-refractivity contribution in [3.05, 3.63) is 95.1 Å². The van der Waals surface area contributed by atoms with Crippen molar-refractivity contribution in [1.29, 1.82) is 0 Å². The smallest absolute Gasteiger partial charge is 0.252 e. The summed E-state index contributed by atoms with van der Waals surface area (Å²) in [6.07, 6.45) is 0.780. The molecule has 3 aromatic rings. The van der Waals surface area contributed by atoms with Gasteiger partial charge in [0.05, 0.1) is 11.0 Å². The van der Waals surface area contributed by atoms with E-state index in [4.69, 9.17) is 9.47 Å². The van der Waals surface area contributed by atoms with Crippen LogP contribution in [-0.4, -0.2) is 57.0 Å². The van der Waals surface area contributed by atoms with Crippen LogP contribution in [0.5, 0.6) is 11.5 Å². The predicted molar refractivity (Wildman–Crippen MR) is 143 cm³/mol. The lowest BCUT2D eigenvalue weighted by atomic mass is 9.44. The van der Waals surface area contributed by atoms with E-state index in [2.05, 4.69) is 34.5 Å². The van der Waals surface area contributed by atoms with Crippen LogP contribution in [0.25, 0.3) is 0 Å². The first-order chi connectivity index (χ1) is 19.0. The first-order valence-corrected chi connectivity index (χ1v) is 14.0. The van der Waals surface area contributed by atoms with Gasteiger partial charge in [0, 0.05) is 31.2 Å². The van der Waals surface area contributed by atoms with Crippen molar-refractivity contribution in [2.45, 2.75) is 73.6 Å².